The molecule has 43 heavy (non-hydrogen) atoms. The zero-order valence-corrected chi connectivity index (χ0v) is 25.9. The topological polar surface area (TPSA) is 84.9 Å². The Morgan fingerprint density at radius 2 is 1.65 bits per heavy atom. The molecule has 4 bridgehead atoms. The van der Waals surface area contributed by atoms with Gasteiger partial charge in [0.15, 0.2) is 0 Å². The van der Waals surface area contributed by atoms with Crippen molar-refractivity contribution in [3.8, 4) is 0 Å². The van der Waals surface area contributed by atoms with Crippen LogP contribution in [0, 0.1) is 40.4 Å². The van der Waals surface area contributed by atoms with E-state index in [1.165, 1.54) is 58.5 Å². The summed E-state index contributed by atoms with van der Waals surface area (Å²) in [5.74, 6) is 1.65. The highest BCUT2D eigenvalue weighted by molar-refractivity contribution is 5.92. The summed E-state index contributed by atoms with van der Waals surface area (Å²) in [7, 11) is 1.41. The van der Waals surface area contributed by atoms with Gasteiger partial charge in [0.05, 0.1) is 25.9 Å². The monoisotopic (exact) mass is 588 g/mol. The summed E-state index contributed by atoms with van der Waals surface area (Å²) in [4.78, 5) is 43.5. The van der Waals surface area contributed by atoms with Crippen molar-refractivity contribution in [3.63, 3.8) is 0 Å². The molecule has 7 aliphatic rings. The number of esters is 1. The molecule has 2 heterocycles. The number of nitrogens with zero attached hydrogens (tertiary/aromatic N) is 1. The minimum Gasteiger partial charge on any atom is -0.468 e. The van der Waals surface area contributed by atoms with Crippen molar-refractivity contribution in [2.24, 2.45) is 40.4 Å². The molecule has 1 N–H and O–H groups in total. The second kappa shape index (κ2) is 11.4. The predicted molar refractivity (Wildman–Crippen MR) is 162 cm³/mol. The van der Waals surface area contributed by atoms with Crippen LogP contribution in [-0.4, -0.2) is 48.5 Å². The number of rotatable bonds is 8. The number of hydrogen-bond acceptors (Lipinski definition) is 5. The largest absolute Gasteiger partial charge is 0.468 e. The molecule has 7 heteroatoms. The van der Waals surface area contributed by atoms with E-state index in [1.54, 1.807) is 4.90 Å². The van der Waals surface area contributed by atoms with E-state index >= 15 is 0 Å². The predicted octanol–water partition coefficient (Wildman–Crippen LogP) is 5.78. The van der Waals surface area contributed by atoms with Gasteiger partial charge in [-0.15, -0.1) is 0 Å². The number of amides is 2. The molecule has 1 aromatic carbocycles. The lowest BCUT2D eigenvalue weighted by Crippen LogP contribution is -2.60. The van der Waals surface area contributed by atoms with Crippen LogP contribution < -0.4 is 5.32 Å². The lowest BCUT2D eigenvalue weighted by molar-refractivity contribution is -0.178. The molecule has 0 spiro atoms. The van der Waals surface area contributed by atoms with Crippen LogP contribution in [0.25, 0.3) is 0 Å². The molecule has 1 saturated heterocycles. The molecule has 1 aromatic rings. The van der Waals surface area contributed by atoms with Crippen LogP contribution in [0.3, 0.4) is 0 Å². The SMILES string of the molecule is COC(=O)[C@]12C[C@H](CC(=O)NCC34CC5CC(CC(C5)C3)C4)C(=O)N(Cc3ccccc3)C1=C[C@H](C1CCCC1)O[C@@H]2C. The molecular formula is C36H48N2O5. The third kappa shape index (κ3) is 5.23. The Hall–Kier alpha value is -2.67. The van der Waals surface area contributed by atoms with E-state index in [2.05, 4.69) is 11.4 Å². The number of carbonyl (C=O) groups is 3. The maximum atomic E-state index is 14.3. The van der Waals surface area contributed by atoms with E-state index in [1.807, 2.05) is 37.3 Å². The maximum absolute atomic E-state index is 14.3. The Balaban J connectivity index is 1.16. The quantitative estimate of drug-likeness (QED) is 0.390. The molecule has 232 valence electrons. The van der Waals surface area contributed by atoms with Gasteiger partial charge in [0, 0.05) is 24.6 Å². The van der Waals surface area contributed by atoms with Crippen molar-refractivity contribution in [2.45, 2.75) is 103 Å². The van der Waals surface area contributed by atoms with Gasteiger partial charge in [0.2, 0.25) is 11.8 Å². The van der Waals surface area contributed by atoms with Gasteiger partial charge in [-0.1, -0.05) is 43.2 Å². The maximum Gasteiger partial charge on any atom is 0.320 e. The fourth-order valence-electron chi connectivity index (χ4n) is 10.6. The number of benzene rings is 1. The first kappa shape index (κ1) is 29.1. The van der Waals surface area contributed by atoms with E-state index in [4.69, 9.17) is 9.47 Å². The highest BCUT2D eigenvalue weighted by Crippen LogP contribution is 2.60. The van der Waals surface area contributed by atoms with Crippen LogP contribution >= 0.6 is 0 Å². The van der Waals surface area contributed by atoms with Gasteiger partial charge in [-0.2, -0.15) is 0 Å². The van der Waals surface area contributed by atoms with Crippen molar-refractivity contribution in [2.75, 3.05) is 13.7 Å². The fraction of sp³-hybridized carbons (Fsp3) is 0.694. The van der Waals surface area contributed by atoms with Gasteiger partial charge >= 0.3 is 5.97 Å². The lowest BCUT2D eigenvalue weighted by Gasteiger charge is -2.57. The summed E-state index contributed by atoms with van der Waals surface area (Å²) in [5.41, 5.74) is 0.773. The van der Waals surface area contributed by atoms with Crippen LogP contribution in [0.1, 0.15) is 89.5 Å². The van der Waals surface area contributed by atoms with Crippen molar-refractivity contribution in [1.82, 2.24) is 10.2 Å². The van der Waals surface area contributed by atoms with Gasteiger partial charge < -0.3 is 19.7 Å². The van der Waals surface area contributed by atoms with Gasteiger partial charge in [-0.25, -0.2) is 0 Å². The van der Waals surface area contributed by atoms with E-state index < -0.39 is 17.4 Å². The molecule has 4 atom stereocenters. The zero-order valence-electron chi connectivity index (χ0n) is 25.9. The smallest absolute Gasteiger partial charge is 0.320 e. The summed E-state index contributed by atoms with van der Waals surface area (Å²) >= 11 is 0. The highest BCUT2D eigenvalue weighted by atomic mass is 16.5. The van der Waals surface area contributed by atoms with Crippen LogP contribution in [-0.2, 0) is 30.4 Å². The molecule has 5 aliphatic carbocycles. The van der Waals surface area contributed by atoms with Gasteiger partial charge in [-0.3, -0.25) is 14.4 Å². The average molecular weight is 589 g/mol. The first-order valence-electron chi connectivity index (χ1n) is 16.9. The number of fused-ring (bicyclic) bond motifs is 1. The Kier molecular flexibility index (Phi) is 7.68. The summed E-state index contributed by atoms with van der Waals surface area (Å²) in [6.07, 6.45) is 14.0. The fourth-order valence-corrected chi connectivity index (χ4v) is 10.6. The number of likely N-dealkylation sites (tertiary alicyclic amines) is 1. The van der Waals surface area contributed by atoms with Gasteiger partial charge in [-0.05, 0) is 105 Å². The van der Waals surface area contributed by atoms with Crippen LogP contribution in [0.2, 0.25) is 0 Å². The van der Waals surface area contributed by atoms with Crippen molar-refractivity contribution < 1.29 is 23.9 Å². The Bertz CT molecular complexity index is 1230. The molecule has 2 aliphatic heterocycles. The van der Waals surface area contributed by atoms with Crippen molar-refractivity contribution >= 4 is 17.8 Å². The minimum atomic E-state index is -1.14. The summed E-state index contributed by atoms with van der Waals surface area (Å²) in [5, 5.41) is 3.28. The first-order valence-corrected chi connectivity index (χ1v) is 16.9. The molecular weight excluding hydrogens is 540 g/mol. The number of carbonyl (C=O) groups excluding carboxylic acids is 3. The van der Waals surface area contributed by atoms with E-state index in [0.29, 0.717) is 24.7 Å². The second-order valence-corrected chi connectivity index (χ2v) is 15.0. The Labute approximate surface area is 256 Å². The van der Waals surface area contributed by atoms with Gasteiger partial charge in [0.25, 0.3) is 0 Å². The summed E-state index contributed by atoms with van der Waals surface area (Å²) in [6.45, 7) is 3.01. The van der Waals surface area contributed by atoms with E-state index in [-0.39, 0.29) is 42.1 Å². The van der Waals surface area contributed by atoms with Crippen LogP contribution in [0.15, 0.2) is 42.1 Å². The third-order valence-corrected chi connectivity index (χ3v) is 12.2. The van der Waals surface area contributed by atoms with Crippen molar-refractivity contribution in [3.05, 3.63) is 47.7 Å². The summed E-state index contributed by atoms with van der Waals surface area (Å²) in [6, 6.07) is 9.91. The number of ether oxygens (including phenoxy) is 2. The normalized spacial score (nSPS) is 38.5. The lowest BCUT2D eigenvalue weighted by atomic mass is 9.49. The van der Waals surface area contributed by atoms with Crippen LogP contribution in [0.4, 0.5) is 0 Å². The van der Waals surface area contributed by atoms with Crippen molar-refractivity contribution in [1.29, 1.82) is 0 Å². The summed E-state index contributed by atoms with van der Waals surface area (Å²) < 4.78 is 12.1. The molecule has 5 saturated carbocycles. The first-order chi connectivity index (χ1) is 20.8. The third-order valence-electron chi connectivity index (χ3n) is 12.2. The molecule has 0 unspecified atom stereocenters. The molecule has 7 nitrogen and oxygen atoms in total. The highest BCUT2D eigenvalue weighted by Gasteiger charge is 2.60. The Morgan fingerprint density at radius 1 is 1.00 bits per heavy atom. The molecule has 0 aromatic heterocycles. The molecule has 8 rings (SSSR count). The standard InChI is InChI=1S/C36H48N2O5/c1-23-36(34(41)42-2)20-29(15-32(39)37-22-35-17-25-12-26(18-35)14-27(13-25)19-35)33(40)38(21-24-8-4-3-5-9-24)31(36)16-30(43-23)28-10-6-7-11-28/h3-5,8-9,16,23,25-30H,6-7,10-15,17-22H2,1-2H3,(H,37,39)/t23-,25?,26?,27?,29+,30-,35?,36+/m1/s1. The number of piperidine rings is 1. The number of nitrogens with one attached hydrogen (secondary N) is 1. The Morgan fingerprint density at radius 3 is 2.28 bits per heavy atom. The minimum absolute atomic E-state index is 0.0707. The molecule has 0 radical (unpaired) electrons. The number of methoxy groups -OCH3 is 1. The molecule has 6 fully saturated rings. The molecule has 2 amide bonds. The van der Waals surface area contributed by atoms with E-state index in [9.17, 15) is 14.4 Å². The van der Waals surface area contributed by atoms with Gasteiger partial charge in [0.1, 0.15) is 5.41 Å². The average Bonchev–Trinajstić information content (AvgIpc) is 3.53. The second-order valence-electron chi connectivity index (χ2n) is 15.0. The van der Waals surface area contributed by atoms with E-state index in [0.717, 1.165) is 36.2 Å². The number of hydrogen-bond donors (Lipinski definition) is 1. The zero-order chi connectivity index (χ0) is 29.8. The van der Waals surface area contributed by atoms with Crippen LogP contribution in [0.5, 0.6) is 0 Å².